The molecule has 4 atom stereocenters. The lowest BCUT2D eigenvalue weighted by molar-refractivity contribution is -0.384. The van der Waals surface area contributed by atoms with E-state index in [0.717, 1.165) is 19.3 Å². The summed E-state index contributed by atoms with van der Waals surface area (Å²) in [6.45, 7) is 5.61. The molecule has 1 aromatic carbocycles. The normalized spacial score (nSPS) is 21.0. The number of aliphatic hydroxyl groups is 2. The van der Waals surface area contributed by atoms with Crippen molar-refractivity contribution in [3.8, 4) is 0 Å². The Bertz CT molecular complexity index is 823. The first kappa shape index (κ1) is 28.9. The van der Waals surface area contributed by atoms with E-state index >= 15 is 0 Å². The second-order valence-corrected chi connectivity index (χ2v) is 9.17. The van der Waals surface area contributed by atoms with Crippen molar-refractivity contribution in [1.29, 1.82) is 0 Å². The minimum Gasteiger partial charge on any atom is -0.459 e. The van der Waals surface area contributed by atoms with Gasteiger partial charge in [-0.25, -0.2) is 4.79 Å². The van der Waals surface area contributed by atoms with Crippen LogP contribution < -0.4 is 0 Å². The van der Waals surface area contributed by atoms with Gasteiger partial charge in [0.25, 0.3) is 5.69 Å². The Morgan fingerprint density at radius 3 is 2.34 bits per heavy atom. The largest absolute Gasteiger partial charge is 0.459 e. The Kier molecular flexibility index (Phi) is 12.3. The van der Waals surface area contributed by atoms with E-state index in [1.54, 1.807) is 6.08 Å². The molecule has 0 saturated heterocycles. The summed E-state index contributed by atoms with van der Waals surface area (Å²) in [5.74, 6) is -0.697. The van der Waals surface area contributed by atoms with E-state index in [2.05, 4.69) is 6.92 Å². The predicted octanol–water partition coefficient (Wildman–Crippen LogP) is 4.69. The van der Waals surface area contributed by atoms with Crippen LogP contribution in [0.1, 0.15) is 82.5 Å². The van der Waals surface area contributed by atoms with Gasteiger partial charge in [0.1, 0.15) is 18.8 Å². The maximum absolute atomic E-state index is 12.4. The molecule has 0 spiro atoms. The Hall–Kier alpha value is -2.33. The van der Waals surface area contributed by atoms with Crippen LogP contribution in [0.5, 0.6) is 0 Å². The minimum absolute atomic E-state index is 0.133. The van der Waals surface area contributed by atoms with E-state index in [0.29, 0.717) is 12.0 Å². The summed E-state index contributed by atoms with van der Waals surface area (Å²) in [5.41, 5.74) is 0.417. The van der Waals surface area contributed by atoms with Crippen LogP contribution in [0, 0.1) is 10.1 Å². The highest BCUT2D eigenvalue weighted by Crippen LogP contribution is 2.27. The molecule has 9 heteroatoms. The number of nitrogens with zero attached hydrogens (tertiary/aromatic N) is 1. The fourth-order valence-corrected chi connectivity index (χ4v) is 3.96. The van der Waals surface area contributed by atoms with Crippen LogP contribution in [0.15, 0.2) is 35.9 Å². The summed E-state index contributed by atoms with van der Waals surface area (Å²) >= 11 is 0. The lowest BCUT2D eigenvalue weighted by atomic mass is 9.93. The number of carbonyl (C=O) groups excluding carboxylic acids is 1. The molecule has 1 heterocycles. The van der Waals surface area contributed by atoms with Gasteiger partial charge in [0.05, 0.1) is 22.7 Å². The Labute approximate surface area is 207 Å². The molecule has 0 fully saturated rings. The maximum Gasteiger partial charge on any atom is 0.338 e. The lowest BCUT2D eigenvalue weighted by Crippen LogP contribution is -2.45. The number of rotatable bonds is 15. The first-order chi connectivity index (χ1) is 16.7. The molecule has 0 bridgehead atoms. The van der Waals surface area contributed by atoms with Gasteiger partial charge in [0.2, 0.25) is 0 Å². The predicted molar refractivity (Wildman–Crippen MR) is 131 cm³/mol. The zero-order valence-corrected chi connectivity index (χ0v) is 20.9. The molecular weight excluding hydrogens is 454 g/mol. The molecule has 1 aliphatic rings. The standard InChI is InChI=1S/C26H39NO8/c1-4-5-6-7-8-9-10-11-22(28)21-16-24(34-18(2)3)35-23(25(21)29)17-33-26(30)19-12-14-20(15-13-19)27(31)32/h12-16,18,22-25,28-29H,4-11,17H2,1-3H3/t22-,23-,24+,25+/m1/s1. The highest BCUT2D eigenvalue weighted by Gasteiger charge is 2.36. The number of esters is 1. The highest BCUT2D eigenvalue weighted by atomic mass is 16.7. The second kappa shape index (κ2) is 14.9. The van der Waals surface area contributed by atoms with Gasteiger partial charge in [0.15, 0.2) is 6.29 Å². The van der Waals surface area contributed by atoms with Crippen LogP contribution in [0.25, 0.3) is 0 Å². The molecule has 1 aliphatic heterocycles. The molecule has 35 heavy (non-hydrogen) atoms. The molecule has 0 unspecified atom stereocenters. The molecule has 0 saturated carbocycles. The van der Waals surface area contributed by atoms with Crippen molar-refractivity contribution in [3.63, 3.8) is 0 Å². The first-order valence-electron chi connectivity index (χ1n) is 12.5. The SMILES string of the molecule is CCCCCCCCC[C@@H](O)C1=C[C@@H](OC(C)C)O[C@H](COC(=O)c2ccc([N+](=O)[O-])cc2)[C@H]1O. The third kappa shape index (κ3) is 9.68. The van der Waals surface area contributed by atoms with Crippen LogP contribution >= 0.6 is 0 Å². The number of aliphatic hydroxyl groups excluding tert-OH is 2. The van der Waals surface area contributed by atoms with Crippen molar-refractivity contribution in [1.82, 2.24) is 0 Å². The van der Waals surface area contributed by atoms with Gasteiger partial charge in [-0.15, -0.1) is 0 Å². The number of carbonyl (C=O) groups is 1. The number of unbranched alkanes of at least 4 members (excludes halogenated alkanes) is 6. The molecule has 2 N–H and O–H groups in total. The Morgan fingerprint density at radius 1 is 1.11 bits per heavy atom. The molecule has 9 nitrogen and oxygen atoms in total. The third-order valence-corrected chi connectivity index (χ3v) is 5.90. The molecule has 196 valence electrons. The summed E-state index contributed by atoms with van der Waals surface area (Å²) in [5, 5.41) is 32.4. The summed E-state index contributed by atoms with van der Waals surface area (Å²) in [4.78, 5) is 22.6. The van der Waals surface area contributed by atoms with Crippen LogP contribution in [0.3, 0.4) is 0 Å². The van der Waals surface area contributed by atoms with Gasteiger partial charge in [0, 0.05) is 12.1 Å². The van der Waals surface area contributed by atoms with E-state index < -0.39 is 35.5 Å². The van der Waals surface area contributed by atoms with Crippen molar-refractivity contribution in [2.45, 2.75) is 103 Å². The Balaban J connectivity index is 1.95. The van der Waals surface area contributed by atoms with Gasteiger partial charge in [-0.05, 0) is 44.1 Å². The second-order valence-electron chi connectivity index (χ2n) is 9.17. The minimum atomic E-state index is -1.16. The molecule has 0 aromatic heterocycles. The van der Waals surface area contributed by atoms with Gasteiger partial charge < -0.3 is 24.4 Å². The fourth-order valence-electron chi connectivity index (χ4n) is 3.96. The van der Waals surface area contributed by atoms with E-state index in [-0.39, 0.29) is 24.0 Å². The summed E-state index contributed by atoms with van der Waals surface area (Å²) in [6.07, 6.45) is 6.08. The number of nitro benzene ring substituents is 1. The number of hydrogen-bond acceptors (Lipinski definition) is 8. The quantitative estimate of drug-likeness (QED) is 0.118. The van der Waals surface area contributed by atoms with Crippen LogP contribution in [-0.2, 0) is 14.2 Å². The zero-order chi connectivity index (χ0) is 25.8. The van der Waals surface area contributed by atoms with Gasteiger partial charge in [-0.2, -0.15) is 0 Å². The third-order valence-electron chi connectivity index (χ3n) is 5.90. The summed E-state index contributed by atoms with van der Waals surface area (Å²) in [6, 6.07) is 5.05. The van der Waals surface area contributed by atoms with E-state index in [1.807, 2.05) is 13.8 Å². The number of nitro groups is 1. The van der Waals surface area contributed by atoms with Crippen LogP contribution in [0.4, 0.5) is 5.69 Å². The van der Waals surface area contributed by atoms with Crippen LogP contribution in [-0.4, -0.2) is 58.4 Å². The average molecular weight is 494 g/mol. The molecule has 0 radical (unpaired) electrons. The fraction of sp³-hybridized carbons (Fsp3) is 0.654. The monoisotopic (exact) mass is 493 g/mol. The smallest absolute Gasteiger partial charge is 0.338 e. The molecule has 0 aliphatic carbocycles. The molecule has 0 amide bonds. The number of benzene rings is 1. The van der Waals surface area contributed by atoms with Crippen molar-refractivity contribution >= 4 is 11.7 Å². The number of ether oxygens (including phenoxy) is 3. The molecule has 2 rings (SSSR count). The highest BCUT2D eigenvalue weighted by molar-refractivity contribution is 5.89. The van der Waals surface area contributed by atoms with Crippen LogP contribution in [0.2, 0.25) is 0 Å². The van der Waals surface area contributed by atoms with Gasteiger partial charge >= 0.3 is 5.97 Å². The van der Waals surface area contributed by atoms with E-state index in [1.165, 1.54) is 49.9 Å². The lowest BCUT2D eigenvalue weighted by Gasteiger charge is -2.35. The van der Waals surface area contributed by atoms with Gasteiger partial charge in [-0.1, -0.05) is 51.9 Å². The number of hydrogen-bond donors (Lipinski definition) is 2. The number of non-ortho nitro benzene ring substituents is 1. The zero-order valence-electron chi connectivity index (χ0n) is 20.9. The molecular formula is C26H39NO8. The maximum atomic E-state index is 12.4. The molecule has 1 aromatic rings. The van der Waals surface area contributed by atoms with Crippen molar-refractivity contribution in [3.05, 3.63) is 51.6 Å². The van der Waals surface area contributed by atoms with Gasteiger partial charge in [-0.3, -0.25) is 10.1 Å². The average Bonchev–Trinajstić information content (AvgIpc) is 2.82. The van der Waals surface area contributed by atoms with Crippen molar-refractivity contribution < 1.29 is 34.1 Å². The van der Waals surface area contributed by atoms with E-state index in [9.17, 15) is 25.1 Å². The Morgan fingerprint density at radius 2 is 1.74 bits per heavy atom. The van der Waals surface area contributed by atoms with Crippen molar-refractivity contribution in [2.24, 2.45) is 0 Å². The summed E-state index contributed by atoms with van der Waals surface area (Å²) < 4.78 is 16.8. The topological polar surface area (TPSA) is 128 Å². The van der Waals surface area contributed by atoms with Crippen molar-refractivity contribution in [2.75, 3.05) is 6.61 Å². The van der Waals surface area contributed by atoms with E-state index in [4.69, 9.17) is 14.2 Å². The first-order valence-corrected chi connectivity index (χ1v) is 12.5. The summed E-state index contributed by atoms with van der Waals surface area (Å²) in [7, 11) is 0.